The molecule has 1 unspecified atom stereocenters. The largest absolute Gasteiger partial charge is 0.468 e. The number of rotatable bonds is 9. The Bertz CT molecular complexity index is 592. The van der Waals surface area contributed by atoms with Gasteiger partial charge in [-0.25, -0.2) is 0 Å². The number of guanidine groups is 1. The first-order valence-electron chi connectivity index (χ1n) is 10.3. The van der Waals surface area contributed by atoms with Gasteiger partial charge in [0.25, 0.3) is 0 Å². The summed E-state index contributed by atoms with van der Waals surface area (Å²) in [5.41, 5.74) is 0. The van der Waals surface area contributed by atoms with Crippen molar-refractivity contribution in [2.24, 2.45) is 10.9 Å². The molecular weight excluding hydrogens is 342 g/mol. The van der Waals surface area contributed by atoms with E-state index in [1.54, 1.807) is 6.26 Å². The van der Waals surface area contributed by atoms with Crippen molar-refractivity contribution >= 4 is 11.9 Å². The summed E-state index contributed by atoms with van der Waals surface area (Å²) in [6.07, 6.45) is 7.59. The van der Waals surface area contributed by atoms with Crippen molar-refractivity contribution in [1.29, 1.82) is 0 Å². The smallest absolute Gasteiger partial charge is 0.223 e. The van der Waals surface area contributed by atoms with E-state index in [4.69, 9.17) is 9.41 Å². The molecule has 2 aliphatic rings. The van der Waals surface area contributed by atoms with E-state index in [9.17, 15) is 4.79 Å². The van der Waals surface area contributed by atoms with E-state index in [1.807, 2.05) is 12.1 Å². The van der Waals surface area contributed by atoms with E-state index < -0.39 is 0 Å². The van der Waals surface area contributed by atoms with Crippen LogP contribution in [0.5, 0.6) is 0 Å². The van der Waals surface area contributed by atoms with Crippen LogP contribution in [0.1, 0.15) is 50.8 Å². The summed E-state index contributed by atoms with van der Waals surface area (Å²) < 4.78 is 5.70. The molecule has 27 heavy (non-hydrogen) atoms. The second-order valence-electron chi connectivity index (χ2n) is 7.34. The Labute approximate surface area is 162 Å². The van der Waals surface area contributed by atoms with Crippen molar-refractivity contribution in [3.8, 4) is 0 Å². The number of carbonyl (C=O) groups excluding carboxylic acids is 1. The van der Waals surface area contributed by atoms with Gasteiger partial charge in [-0.15, -0.1) is 0 Å². The Morgan fingerprint density at radius 1 is 1.22 bits per heavy atom. The van der Waals surface area contributed by atoms with E-state index in [-0.39, 0.29) is 17.9 Å². The molecule has 150 valence electrons. The zero-order chi connectivity index (χ0) is 18.9. The number of piperidine rings is 1. The number of nitrogens with one attached hydrogen (secondary N) is 3. The highest BCUT2D eigenvalue weighted by atomic mass is 16.3. The SMILES string of the molecule is CCNC(=NCC(c1ccco1)N1CCCCC1)NCCNC(=O)C1CC1. The summed E-state index contributed by atoms with van der Waals surface area (Å²) in [5.74, 6) is 2.20. The summed E-state index contributed by atoms with van der Waals surface area (Å²) in [7, 11) is 0. The molecule has 1 aliphatic heterocycles. The average molecular weight is 376 g/mol. The lowest BCUT2D eigenvalue weighted by molar-refractivity contribution is -0.122. The van der Waals surface area contributed by atoms with Gasteiger partial charge in [0.05, 0.1) is 18.8 Å². The molecule has 1 saturated carbocycles. The third kappa shape index (κ3) is 6.27. The molecule has 0 spiro atoms. The number of likely N-dealkylation sites (tertiary alicyclic amines) is 1. The molecule has 1 atom stereocenters. The van der Waals surface area contributed by atoms with Crippen LogP contribution in [-0.2, 0) is 4.79 Å². The van der Waals surface area contributed by atoms with Gasteiger partial charge in [-0.3, -0.25) is 14.7 Å². The van der Waals surface area contributed by atoms with E-state index in [0.717, 1.165) is 44.2 Å². The van der Waals surface area contributed by atoms with Gasteiger partial charge in [-0.05, 0) is 57.8 Å². The first-order valence-corrected chi connectivity index (χ1v) is 10.3. The molecule has 0 bridgehead atoms. The fourth-order valence-electron chi connectivity index (χ4n) is 3.47. The summed E-state index contributed by atoms with van der Waals surface area (Å²) in [6, 6.07) is 4.16. The van der Waals surface area contributed by atoms with Crippen molar-refractivity contribution in [2.45, 2.75) is 45.1 Å². The molecule has 2 heterocycles. The fraction of sp³-hybridized carbons (Fsp3) is 0.700. The Morgan fingerprint density at radius 3 is 2.67 bits per heavy atom. The zero-order valence-corrected chi connectivity index (χ0v) is 16.4. The van der Waals surface area contributed by atoms with Crippen LogP contribution in [0.4, 0.5) is 0 Å². The Hall–Kier alpha value is -2.02. The van der Waals surface area contributed by atoms with Gasteiger partial charge in [0.2, 0.25) is 5.91 Å². The maximum Gasteiger partial charge on any atom is 0.223 e. The monoisotopic (exact) mass is 375 g/mol. The minimum atomic E-state index is 0.172. The minimum Gasteiger partial charge on any atom is -0.468 e. The van der Waals surface area contributed by atoms with Gasteiger partial charge in [-0.1, -0.05) is 6.42 Å². The first kappa shape index (κ1) is 19.7. The third-order valence-electron chi connectivity index (χ3n) is 5.13. The number of carbonyl (C=O) groups is 1. The predicted octanol–water partition coefficient (Wildman–Crippen LogP) is 1.89. The van der Waals surface area contributed by atoms with Gasteiger partial charge in [-0.2, -0.15) is 0 Å². The zero-order valence-electron chi connectivity index (χ0n) is 16.4. The highest BCUT2D eigenvalue weighted by Crippen LogP contribution is 2.28. The van der Waals surface area contributed by atoms with Crippen LogP contribution in [0, 0.1) is 5.92 Å². The summed E-state index contributed by atoms with van der Waals surface area (Å²) >= 11 is 0. The van der Waals surface area contributed by atoms with Gasteiger partial charge < -0.3 is 20.4 Å². The van der Waals surface area contributed by atoms with Crippen molar-refractivity contribution in [2.75, 3.05) is 39.3 Å². The van der Waals surface area contributed by atoms with Crippen LogP contribution in [0.15, 0.2) is 27.8 Å². The normalized spacial score (nSPS) is 19.5. The van der Waals surface area contributed by atoms with Crippen LogP contribution >= 0.6 is 0 Å². The van der Waals surface area contributed by atoms with Crippen molar-refractivity contribution in [3.63, 3.8) is 0 Å². The third-order valence-corrected chi connectivity index (χ3v) is 5.13. The molecule has 7 heteroatoms. The topological polar surface area (TPSA) is 81.9 Å². The maximum absolute atomic E-state index is 11.7. The molecule has 1 aromatic heterocycles. The molecule has 1 aromatic rings. The van der Waals surface area contributed by atoms with Gasteiger partial charge in [0.1, 0.15) is 5.76 Å². The Balaban J connectivity index is 1.52. The second-order valence-corrected chi connectivity index (χ2v) is 7.34. The van der Waals surface area contributed by atoms with E-state index in [0.29, 0.717) is 19.6 Å². The number of hydrogen-bond donors (Lipinski definition) is 3. The lowest BCUT2D eigenvalue weighted by Gasteiger charge is -2.32. The lowest BCUT2D eigenvalue weighted by atomic mass is 10.1. The predicted molar refractivity (Wildman–Crippen MR) is 107 cm³/mol. The molecule has 1 saturated heterocycles. The van der Waals surface area contributed by atoms with E-state index in [2.05, 4.69) is 27.8 Å². The van der Waals surface area contributed by atoms with Gasteiger partial charge in [0.15, 0.2) is 5.96 Å². The molecule has 0 radical (unpaired) electrons. The minimum absolute atomic E-state index is 0.172. The van der Waals surface area contributed by atoms with Crippen LogP contribution in [0.25, 0.3) is 0 Å². The number of nitrogens with zero attached hydrogens (tertiary/aromatic N) is 2. The summed E-state index contributed by atoms with van der Waals surface area (Å²) in [4.78, 5) is 19.0. The molecule has 2 fully saturated rings. The molecule has 3 rings (SSSR count). The highest BCUT2D eigenvalue weighted by Gasteiger charge is 2.29. The molecule has 3 N–H and O–H groups in total. The average Bonchev–Trinajstić information content (AvgIpc) is 3.42. The lowest BCUT2D eigenvalue weighted by Crippen LogP contribution is -2.42. The molecule has 0 aromatic carbocycles. The second kappa shape index (κ2) is 10.3. The van der Waals surface area contributed by atoms with Crippen LogP contribution in [0.3, 0.4) is 0 Å². The first-order chi connectivity index (χ1) is 13.3. The number of furan rings is 1. The fourth-order valence-corrected chi connectivity index (χ4v) is 3.47. The quantitative estimate of drug-likeness (QED) is 0.349. The van der Waals surface area contributed by atoms with Crippen LogP contribution in [-0.4, -0.2) is 56.0 Å². The Kier molecular flexibility index (Phi) is 7.56. The standard InChI is InChI=1S/C20H33N5O2/c1-2-21-20(23-11-10-22-19(26)16-8-9-16)24-15-17(18-7-6-14-27-18)25-12-4-3-5-13-25/h6-7,14,16-17H,2-5,8-13,15H2,1H3,(H,22,26)(H2,21,23,24). The van der Waals surface area contributed by atoms with Crippen LogP contribution < -0.4 is 16.0 Å². The van der Waals surface area contributed by atoms with E-state index in [1.165, 1.54) is 19.3 Å². The molecule has 1 aliphatic carbocycles. The molecule has 7 nitrogen and oxygen atoms in total. The highest BCUT2D eigenvalue weighted by molar-refractivity contribution is 5.81. The number of hydrogen-bond acceptors (Lipinski definition) is 4. The van der Waals surface area contributed by atoms with E-state index >= 15 is 0 Å². The molecular formula is C20H33N5O2. The maximum atomic E-state index is 11.7. The van der Waals surface area contributed by atoms with Gasteiger partial charge >= 0.3 is 0 Å². The number of amides is 1. The number of aliphatic imine (C=N–C) groups is 1. The van der Waals surface area contributed by atoms with Gasteiger partial charge in [0, 0.05) is 25.6 Å². The summed E-state index contributed by atoms with van der Waals surface area (Å²) in [5, 5.41) is 9.57. The van der Waals surface area contributed by atoms with Crippen molar-refractivity contribution in [1.82, 2.24) is 20.9 Å². The Morgan fingerprint density at radius 2 is 2.00 bits per heavy atom. The molecule has 1 amide bonds. The summed E-state index contributed by atoms with van der Waals surface area (Å²) in [6.45, 7) is 6.98. The van der Waals surface area contributed by atoms with Crippen molar-refractivity contribution in [3.05, 3.63) is 24.2 Å². The van der Waals surface area contributed by atoms with Crippen LogP contribution in [0.2, 0.25) is 0 Å². The van der Waals surface area contributed by atoms with Crippen molar-refractivity contribution < 1.29 is 9.21 Å².